The van der Waals surface area contributed by atoms with Gasteiger partial charge in [-0.25, -0.2) is 8.42 Å². The Morgan fingerprint density at radius 2 is 2.12 bits per heavy atom. The number of carbonyl (C=O) groups excluding carboxylic acids is 1. The van der Waals surface area contributed by atoms with Gasteiger partial charge in [0.05, 0.1) is 11.4 Å². The highest BCUT2D eigenvalue weighted by Crippen LogP contribution is 2.27. The van der Waals surface area contributed by atoms with Crippen LogP contribution in [0.5, 0.6) is 0 Å². The molecule has 7 heteroatoms. The van der Waals surface area contributed by atoms with Gasteiger partial charge in [0, 0.05) is 18.7 Å². The van der Waals surface area contributed by atoms with Gasteiger partial charge in [-0.15, -0.1) is 0 Å². The van der Waals surface area contributed by atoms with Gasteiger partial charge in [-0.2, -0.15) is 0 Å². The molecule has 0 radical (unpaired) electrons. The normalized spacial score (nSPS) is 21.9. The second-order valence-corrected chi connectivity index (χ2v) is 9.12. The second kappa shape index (κ2) is 7.74. The summed E-state index contributed by atoms with van der Waals surface area (Å²) in [7, 11) is -3.20. The van der Waals surface area contributed by atoms with Crippen molar-refractivity contribution in [2.75, 3.05) is 35.0 Å². The number of amides is 1. The lowest BCUT2D eigenvalue weighted by Gasteiger charge is -2.27. The third kappa shape index (κ3) is 4.52. The molecule has 0 bridgehead atoms. The van der Waals surface area contributed by atoms with Gasteiger partial charge >= 0.3 is 0 Å². The Kier molecular flexibility index (Phi) is 5.64. The van der Waals surface area contributed by atoms with E-state index < -0.39 is 10.0 Å². The Labute approximate surface area is 150 Å². The van der Waals surface area contributed by atoms with Crippen LogP contribution < -0.4 is 14.9 Å². The van der Waals surface area contributed by atoms with Crippen molar-refractivity contribution in [2.45, 2.75) is 32.6 Å². The van der Waals surface area contributed by atoms with Crippen LogP contribution in [-0.4, -0.2) is 39.7 Å². The third-order valence-electron chi connectivity index (χ3n) is 5.21. The van der Waals surface area contributed by atoms with Gasteiger partial charge in [0.1, 0.15) is 0 Å². The summed E-state index contributed by atoms with van der Waals surface area (Å²) in [6.45, 7) is 4.71. The molecule has 2 heterocycles. The number of hydrogen-bond acceptors (Lipinski definition) is 4. The third-order valence-corrected chi connectivity index (χ3v) is 7.08. The second-order valence-electron chi connectivity index (χ2n) is 7.11. The maximum atomic E-state index is 12.4. The number of piperidine rings is 1. The summed E-state index contributed by atoms with van der Waals surface area (Å²) in [6, 6.07) is 7.11. The first-order valence-corrected chi connectivity index (χ1v) is 10.7. The molecule has 1 aromatic rings. The van der Waals surface area contributed by atoms with Crippen molar-refractivity contribution in [1.29, 1.82) is 0 Å². The molecule has 138 valence electrons. The zero-order valence-corrected chi connectivity index (χ0v) is 15.5. The minimum absolute atomic E-state index is 0.00698. The highest BCUT2D eigenvalue weighted by Gasteiger charge is 2.28. The lowest BCUT2D eigenvalue weighted by Crippen LogP contribution is -2.32. The summed E-state index contributed by atoms with van der Waals surface area (Å²) in [5.41, 5.74) is 1.28. The van der Waals surface area contributed by atoms with Crippen molar-refractivity contribution in [1.82, 2.24) is 5.32 Å². The van der Waals surface area contributed by atoms with Crippen LogP contribution in [0.1, 0.15) is 32.6 Å². The van der Waals surface area contributed by atoms with E-state index in [-0.39, 0.29) is 11.7 Å². The SMILES string of the molecule is CC(CC(=O)Nc1cccc(N2CCCS2(=O)=O)c1)C1CCNCC1. The van der Waals surface area contributed by atoms with E-state index >= 15 is 0 Å². The number of rotatable bonds is 5. The van der Waals surface area contributed by atoms with Crippen molar-refractivity contribution >= 4 is 27.3 Å². The Hall–Kier alpha value is -1.60. The van der Waals surface area contributed by atoms with E-state index in [1.165, 1.54) is 4.31 Å². The van der Waals surface area contributed by atoms with E-state index in [9.17, 15) is 13.2 Å². The summed E-state index contributed by atoms with van der Waals surface area (Å²) >= 11 is 0. The van der Waals surface area contributed by atoms with E-state index in [1.807, 2.05) is 0 Å². The van der Waals surface area contributed by atoms with Gasteiger partial charge in [0.15, 0.2) is 0 Å². The molecule has 2 aliphatic rings. The Morgan fingerprint density at radius 3 is 2.80 bits per heavy atom. The van der Waals surface area contributed by atoms with Crippen molar-refractivity contribution in [2.24, 2.45) is 11.8 Å². The molecule has 2 N–H and O–H groups in total. The lowest BCUT2D eigenvalue weighted by atomic mass is 9.84. The highest BCUT2D eigenvalue weighted by molar-refractivity contribution is 7.93. The Morgan fingerprint density at radius 1 is 1.36 bits per heavy atom. The number of nitrogens with zero attached hydrogens (tertiary/aromatic N) is 1. The zero-order chi connectivity index (χ0) is 17.9. The smallest absolute Gasteiger partial charge is 0.235 e. The summed E-state index contributed by atoms with van der Waals surface area (Å²) < 4.78 is 25.5. The molecule has 2 fully saturated rings. The fourth-order valence-corrected chi connectivity index (χ4v) is 5.31. The molecule has 1 atom stereocenters. The molecule has 1 aromatic carbocycles. The number of sulfonamides is 1. The highest BCUT2D eigenvalue weighted by atomic mass is 32.2. The van der Waals surface area contributed by atoms with E-state index in [0.717, 1.165) is 25.9 Å². The molecule has 0 spiro atoms. The molecular weight excluding hydrogens is 338 g/mol. The summed E-state index contributed by atoms with van der Waals surface area (Å²) in [5.74, 6) is 1.13. The van der Waals surface area contributed by atoms with Gasteiger partial charge in [-0.05, 0) is 62.4 Å². The van der Waals surface area contributed by atoms with Crippen LogP contribution in [-0.2, 0) is 14.8 Å². The average molecular weight is 365 g/mol. The van der Waals surface area contributed by atoms with Crippen LogP contribution in [0, 0.1) is 11.8 Å². The molecule has 6 nitrogen and oxygen atoms in total. The maximum Gasteiger partial charge on any atom is 0.235 e. The van der Waals surface area contributed by atoms with Gasteiger partial charge in [0.25, 0.3) is 0 Å². The lowest BCUT2D eigenvalue weighted by molar-refractivity contribution is -0.117. The number of benzene rings is 1. The molecule has 25 heavy (non-hydrogen) atoms. The predicted molar refractivity (Wildman–Crippen MR) is 100 cm³/mol. The molecule has 1 unspecified atom stereocenters. The molecular formula is C18H27N3O3S. The van der Waals surface area contributed by atoms with Crippen molar-refractivity contribution in [3.63, 3.8) is 0 Å². The topological polar surface area (TPSA) is 78.5 Å². The quantitative estimate of drug-likeness (QED) is 0.838. The van der Waals surface area contributed by atoms with E-state index in [0.29, 0.717) is 42.6 Å². The van der Waals surface area contributed by atoms with Crippen LogP contribution in [0.4, 0.5) is 11.4 Å². The van der Waals surface area contributed by atoms with E-state index in [2.05, 4.69) is 17.6 Å². The molecule has 3 rings (SSSR count). The molecule has 0 aromatic heterocycles. The first-order chi connectivity index (χ1) is 12.0. The Balaban J connectivity index is 1.61. The van der Waals surface area contributed by atoms with Gasteiger partial charge in [0.2, 0.25) is 15.9 Å². The van der Waals surface area contributed by atoms with Gasteiger partial charge < -0.3 is 10.6 Å². The molecule has 2 saturated heterocycles. The van der Waals surface area contributed by atoms with E-state index in [4.69, 9.17) is 0 Å². The number of nitrogens with one attached hydrogen (secondary N) is 2. The van der Waals surface area contributed by atoms with Crippen LogP contribution >= 0.6 is 0 Å². The summed E-state index contributed by atoms with van der Waals surface area (Å²) in [6.07, 6.45) is 3.39. The number of hydrogen-bond donors (Lipinski definition) is 2. The minimum atomic E-state index is -3.20. The first kappa shape index (κ1) is 18.2. The average Bonchev–Trinajstić information content (AvgIpc) is 2.95. The standard InChI is InChI=1S/C18H27N3O3S/c1-14(15-6-8-19-9-7-15)12-18(22)20-16-4-2-5-17(13-16)21-10-3-11-25(21,23)24/h2,4-5,13-15,19H,3,6-12H2,1H3,(H,20,22). The molecule has 2 aliphatic heterocycles. The monoisotopic (exact) mass is 365 g/mol. The van der Waals surface area contributed by atoms with Crippen molar-refractivity contribution < 1.29 is 13.2 Å². The minimum Gasteiger partial charge on any atom is -0.326 e. The number of anilines is 2. The van der Waals surface area contributed by atoms with Gasteiger partial charge in [-0.3, -0.25) is 9.10 Å². The summed E-state index contributed by atoms with van der Waals surface area (Å²) in [5, 5.41) is 6.28. The fourth-order valence-electron chi connectivity index (χ4n) is 3.75. The number of carbonyl (C=O) groups is 1. The first-order valence-electron chi connectivity index (χ1n) is 9.07. The molecule has 0 saturated carbocycles. The van der Waals surface area contributed by atoms with Crippen molar-refractivity contribution in [3.8, 4) is 0 Å². The van der Waals surface area contributed by atoms with Crippen LogP contribution in [0.15, 0.2) is 24.3 Å². The maximum absolute atomic E-state index is 12.4. The largest absolute Gasteiger partial charge is 0.326 e. The molecule has 0 aliphatic carbocycles. The van der Waals surface area contributed by atoms with Gasteiger partial charge in [-0.1, -0.05) is 13.0 Å². The van der Waals surface area contributed by atoms with Crippen LogP contribution in [0.2, 0.25) is 0 Å². The van der Waals surface area contributed by atoms with E-state index in [1.54, 1.807) is 24.3 Å². The summed E-state index contributed by atoms with van der Waals surface area (Å²) in [4.78, 5) is 12.4. The van der Waals surface area contributed by atoms with Crippen LogP contribution in [0.25, 0.3) is 0 Å². The predicted octanol–water partition coefficient (Wildman–Crippen LogP) is 2.19. The van der Waals surface area contributed by atoms with Crippen LogP contribution in [0.3, 0.4) is 0 Å². The molecule has 1 amide bonds. The fraction of sp³-hybridized carbons (Fsp3) is 0.611. The zero-order valence-electron chi connectivity index (χ0n) is 14.7. The van der Waals surface area contributed by atoms with Crippen molar-refractivity contribution in [3.05, 3.63) is 24.3 Å². The Bertz CT molecular complexity index is 714.